The van der Waals surface area contributed by atoms with Crippen LogP contribution in [0.25, 0.3) is 0 Å². The molecule has 156 valence electrons. The zero-order valence-corrected chi connectivity index (χ0v) is 17.0. The molecule has 3 fully saturated rings. The zero-order chi connectivity index (χ0) is 20.4. The van der Waals surface area contributed by atoms with Crippen molar-refractivity contribution in [2.45, 2.75) is 63.5 Å². The third-order valence-electron chi connectivity index (χ3n) is 6.46. The van der Waals surface area contributed by atoms with Gasteiger partial charge in [0.15, 0.2) is 0 Å². The van der Waals surface area contributed by atoms with E-state index in [1.54, 1.807) is 7.11 Å². The van der Waals surface area contributed by atoms with Gasteiger partial charge in [0.25, 0.3) is 0 Å². The molecule has 1 aliphatic carbocycles. The first-order chi connectivity index (χ1) is 14.1. The highest BCUT2D eigenvalue weighted by atomic mass is 16.5. The van der Waals surface area contributed by atoms with Crippen molar-refractivity contribution >= 4 is 17.8 Å². The van der Waals surface area contributed by atoms with Crippen LogP contribution in [0.15, 0.2) is 24.3 Å². The summed E-state index contributed by atoms with van der Waals surface area (Å²) in [5.74, 6) is -0.533. The molecule has 0 radical (unpaired) electrons. The molecule has 3 aliphatic rings. The Labute approximate surface area is 171 Å². The molecule has 2 aliphatic heterocycles. The first kappa shape index (κ1) is 19.9. The highest BCUT2D eigenvalue weighted by molar-refractivity contribution is 6.44. The van der Waals surface area contributed by atoms with Crippen LogP contribution >= 0.6 is 0 Å². The van der Waals surface area contributed by atoms with Gasteiger partial charge in [-0.3, -0.25) is 19.4 Å². The van der Waals surface area contributed by atoms with Gasteiger partial charge in [-0.1, -0.05) is 37.8 Å². The van der Waals surface area contributed by atoms with Gasteiger partial charge in [-0.2, -0.15) is 0 Å². The van der Waals surface area contributed by atoms with Gasteiger partial charge in [-0.15, -0.1) is 0 Å². The summed E-state index contributed by atoms with van der Waals surface area (Å²) in [6.45, 7) is 0.967. The number of carbonyl (C=O) groups is 3. The minimum absolute atomic E-state index is 0.111. The molecule has 29 heavy (non-hydrogen) atoms. The third kappa shape index (κ3) is 3.88. The number of ether oxygens (including phenoxy) is 1. The van der Waals surface area contributed by atoms with E-state index in [2.05, 4.69) is 4.90 Å². The number of urea groups is 1. The second-order valence-electron chi connectivity index (χ2n) is 8.22. The lowest BCUT2D eigenvalue weighted by atomic mass is 10.0. The maximum absolute atomic E-state index is 13.0. The van der Waals surface area contributed by atoms with Gasteiger partial charge in [0, 0.05) is 18.6 Å². The lowest BCUT2D eigenvalue weighted by molar-refractivity contribution is -0.144. The van der Waals surface area contributed by atoms with Crippen LogP contribution in [-0.2, 0) is 9.59 Å². The second kappa shape index (κ2) is 8.53. The van der Waals surface area contributed by atoms with Crippen molar-refractivity contribution in [2.75, 3.05) is 20.3 Å². The van der Waals surface area contributed by atoms with Gasteiger partial charge >= 0.3 is 17.8 Å². The van der Waals surface area contributed by atoms with Crippen LogP contribution in [0.2, 0.25) is 0 Å². The molecule has 2 heterocycles. The largest absolute Gasteiger partial charge is 0.497 e. The molecule has 1 aromatic carbocycles. The van der Waals surface area contributed by atoms with Crippen LogP contribution in [-0.4, -0.2) is 58.9 Å². The number of rotatable bonds is 5. The smallest absolute Gasteiger partial charge is 0.335 e. The van der Waals surface area contributed by atoms with E-state index in [1.807, 2.05) is 24.3 Å². The molecule has 7 nitrogen and oxygen atoms in total. The quantitative estimate of drug-likeness (QED) is 0.561. The number of imide groups is 2. The number of hydrogen-bond donors (Lipinski definition) is 0. The maximum atomic E-state index is 13.0. The van der Waals surface area contributed by atoms with Crippen LogP contribution in [0.5, 0.6) is 5.75 Å². The van der Waals surface area contributed by atoms with Gasteiger partial charge in [0.1, 0.15) is 5.75 Å². The van der Waals surface area contributed by atoms with E-state index in [1.165, 1.54) is 4.90 Å². The Morgan fingerprint density at radius 3 is 2.28 bits per heavy atom. The SMILES string of the molecule is COc1ccc([C@H]2CCCCCN2CN2C(=O)C(=O)N(C3CCCC3)C2=O)cc1. The summed E-state index contributed by atoms with van der Waals surface area (Å²) in [6, 6.07) is 7.53. The van der Waals surface area contributed by atoms with Gasteiger partial charge in [0.2, 0.25) is 0 Å². The van der Waals surface area contributed by atoms with Gasteiger partial charge in [0.05, 0.1) is 13.8 Å². The molecule has 7 heteroatoms. The van der Waals surface area contributed by atoms with E-state index >= 15 is 0 Å². The van der Waals surface area contributed by atoms with E-state index in [4.69, 9.17) is 4.74 Å². The van der Waals surface area contributed by atoms with Crippen LogP contribution in [0.3, 0.4) is 0 Å². The monoisotopic (exact) mass is 399 g/mol. The van der Waals surface area contributed by atoms with E-state index < -0.39 is 17.8 Å². The van der Waals surface area contributed by atoms with Crippen molar-refractivity contribution in [3.8, 4) is 5.75 Å². The summed E-state index contributed by atoms with van der Waals surface area (Å²) in [5.41, 5.74) is 1.14. The Balaban J connectivity index is 1.54. The lowest BCUT2D eigenvalue weighted by Crippen LogP contribution is -2.45. The Morgan fingerprint density at radius 1 is 0.897 bits per heavy atom. The first-order valence-corrected chi connectivity index (χ1v) is 10.7. The summed E-state index contributed by atoms with van der Waals surface area (Å²) in [4.78, 5) is 42.7. The summed E-state index contributed by atoms with van der Waals surface area (Å²) in [6.07, 6.45) is 7.81. The molecular weight excluding hydrogens is 370 g/mol. The predicted molar refractivity (Wildman–Crippen MR) is 107 cm³/mol. The summed E-state index contributed by atoms with van der Waals surface area (Å²) >= 11 is 0. The average Bonchev–Trinajstić information content (AvgIpc) is 3.24. The van der Waals surface area contributed by atoms with Gasteiger partial charge < -0.3 is 4.74 Å². The molecule has 0 spiro atoms. The van der Waals surface area contributed by atoms with Gasteiger partial charge in [-0.25, -0.2) is 9.69 Å². The molecule has 0 unspecified atom stereocenters. The third-order valence-corrected chi connectivity index (χ3v) is 6.46. The summed E-state index contributed by atoms with van der Waals surface area (Å²) < 4.78 is 5.26. The van der Waals surface area contributed by atoms with Crippen molar-refractivity contribution in [1.29, 1.82) is 0 Å². The highest BCUT2D eigenvalue weighted by Crippen LogP contribution is 2.33. The normalized spacial score (nSPS) is 24.4. The Bertz CT molecular complexity index is 773. The van der Waals surface area contributed by atoms with E-state index in [0.29, 0.717) is 0 Å². The van der Waals surface area contributed by atoms with Crippen LogP contribution in [0, 0.1) is 0 Å². The first-order valence-electron chi connectivity index (χ1n) is 10.7. The van der Waals surface area contributed by atoms with Crippen molar-refractivity contribution in [2.24, 2.45) is 0 Å². The maximum Gasteiger partial charge on any atom is 0.335 e. The van der Waals surface area contributed by atoms with Crippen LogP contribution < -0.4 is 4.74 Å². The number of nitrogens with zero attached hydrogens (tertiary/aromatic N) is 3. The molecular formula is C22H29N3O4. The molecule has 0 bridgehead atoms. The van der Waals surface area contributed by atoms with E-state index in [9.17, 15) is 14.4 Å². The minimum atomic E-state index is -0.681. The molecule has 0 aromatic heterocycles. The number of amides is 4. The molecule has 1 aromatic rings. The fourth-order valence-electron chi connectivity index (χ4n) is 4.85. The molecule has 4 amide bonds. The summed E-state index contributed by atoms with van der Waals surface area (Å²) in [7, 11) is 1.64. The van der Waals surface area contributed by atoms with Crippen LogP contribution in [0.4, 0.5) is 4.79 Å². The predicted octanol–water partition coefficient (Wildman–Crippen LogP) is 3.30. The van der Waals surface area contributed by atoms with Crippen molar-refractivity contribution in [3.63, 3.8) is 0 Å². The lowest BCUT2D eigenvalue weighted by Gasteiger charge is -2.33. The van der Waals surface area contributed by atoms with E-state index in [-0.39, 0.29) is 18.8 Å². The molecule has 4 rings (SSSR count). The molecule has 1 saturated carbocycles. The van der Waals surface area contributed by atoms with Crippen LogP contribution in [0.1, 0.15) is 63.0 Å². The molecule has 0 N–H and O–H groups in total. The van der Waals surface area contributed by atoms with Crippen molar-refractivity contribution in [3.05, 3.63) is 29.8 Å². The number of carbonyl (C=O) groups excluding carboxylic acids is 3. The Morgan fingerprint density at radius 2 is 1.59 bits per heavy atom. The van der Waals surface area contributed by atoms with E-state index in [0.717, 1.165) is 74.1 Å². The molecule has 2 saturated heterocycles. The number of methoxy groups -OCH3 is 1. The minimum Gasteiger partial charge on any atom is -0.497 e. The Hall–Kier alpha value is -2.41. The molecule has 1 atom stereocenters. The fraction of sp³-hybridized carbons (Fsp3) is 0.591. The number of hydrogen-bond acceptors (Lipinski definition) is 5. The highest BCUT2D eigenvalue weighted by Gasteiger charge is 2.48. The summed E-state index contributed by atoms with van der Waals surface area (Å²) in [5, 5.41) is 0. The Kier molecular flexibility index (Phi) is 5.85. The van der Waals surface area contributed by atoms with Crippen molar-refractivity contribution < 1.29 is 19.1 Å². The second-order valence-corrected chi connectivity index (χ2v) is 8.22. The number of benzene rings is 1. The standard InChI is InChI=1S/C22H29N3O4/c1-29-18-12-10-16(11-13-18)19-9-3-2-6-14-23(19)15-24-20(26)21(27)25(22(24)28)17-7-4-5-8-17/h10-13,17,19H,2-9,14-15H2,1H3/t19-/m1/s1. The topological polar surface area (TPSA) is 70.2 Å². The zero-order valence-electron chi connectivity index (χ0n) is 17.0. The van der Waals surface area contributed by atoms with Crippen molar-refractivity contribution in [1.82, 2.24) is 14.7 Å². The fourth-order valence-corrected chi connectivity index (χ4v) is 4.85. The number of likely N-dealkylation sites (tertiary alicyclic amines) is 1. The average molecular weight is 399 g/mol. The van der Waals surface area contributed by atoms with Gasteiger partial charge in [-0.05, 0) is 43.4 Å².